The molecule has 0 aliphatic carbocycles. The number of thioether (sulfide) groups is 1. The molecule has 8 heteroatoms. The molecule has 0 saturated heterocycles. The highest BCUT2D eigenvalue weighted by Gasteiger charge is 2.27. The molecule has 1 amide bonds. The Kier molecular flexibility index (Phi) is 9.34. The second-order valence-electron chi connectivity index (χ2n) is 8.48. The number of carbonyl (C=O) groups excluding carboxylic acids is 1. The van der Waals surface area contributed by atoms with Crippen LogP contribution in [0.5, 0.6) is 0 Å². The summed E-state index contributed by atoms with van der Waals surface area (Å²) in [4.78, 5) is 12.9. The first-order valence-electron chi connectivity index (χ1n) is 11.4. The van der Waals surface area contributed by atoms with Crippen LogP contribution in [-0.2, 0) is 20.6 Å². The first kappa shape index (κ1) is 26.8. The molecule has 0 spiro atoms. The summed E-state index contributed by atoms with van der Waals surface area (Å²) in [5, 5.41) is 2.84. The number of hydrogen-bond donors (Lipinski definition) is 1. The van der Waals surface area contributed by atoms with Gasteiger partial charge in [0.05, 0.1) is 10.6 Å². The van der Waals surface area contributed by atoms with Gasteiger partial charge in [-0.2, -0.15) is 11.8 Å². The van der Waals surface area contributed by atoms with Gasteiger partial charge < -0.3 is 5.32 Å². The van der Waals surface area contributed by atoms with Gasteiger partial charge in [0.1, 0.15) is 12.4 Å². The number of nitrogens with one attached hydrogen (secondary N) is 1. The molecule has 0 aliphatic heterocycles. The molecule has 186 valence electrons. The molecule has 35 heavy (non-hydrogen) atoms. The fourth-order valence-electron chi connectivity index (χ4n) is 3.39. The number of nitrogens with zero attached hydrogens (tertiary/aromatic N) is 1. The van der Waals surface area contributed by atoms with E-state index < -0.39 is 10.0 Å². The highest BCUT2D eigenvalue weighted by atomic mass is 32.2. The van der Waals surface area contributed by atoms with E-state index in [-0.39, 0.29) is 23.2 Å². The van der Waals surface area contributed by atoms with Crippen LogP contribution in [0.2, 0.25) is 0 Å². The van der Waals surface area contributed by atoms with Crippen molar-refractivity contribution in [1.82, 2.24) is 5.32 Å². The number of benzene rings is 3. The first-order valence-corrected chi connectivity index (χ1v) is 14.0. The molecule has 3 rings (SSSR count). The van der Waals surface area contributed by atoms with Crippen molar-refractivity contribution < 1.29 is 17.6 Å². The van der Waals surface area contributed by atoms with Crippen LogP contribution >= 0.6 is 11.8 Å². The minimum Gasteiger partial charge on any atom is -0.354 e. The van der Waals surface area contributed by atoms with Crippen molar-refractivity contribution >= 4 is 33.4 Å². The molecule has 0 fully saturated rings. The van der Waals surface area contributed by atoms with Crippen LogP contribution in [0.25, 0.3) is 0 Å². The van der Waals surface area contributed by atoms with Gasteiger partial charge in [-0.05, 0) is 86.0 Å². The van der Waals surface area contributed by atoms with Crippen molar-refractivity contribution in [2.45, 2.75) is 37.8 Å². The molecular weight excluding hydrogens is 483 g/mol. The molecule has 0 saturated carbocycles. The van der Waals surface area contributed by atoms with E-state index >= 15 is 0 Å². The lowest BCUT2D eigenvalue weighted by Gasteiger charge is -2.25. The van der Waals surface area contributed by atoms with Gasteiger partial charge in [-0.1, -0.05) is 35.9 Å². The Balaban J connectivity index is 1.61. The lowest BCUT2D eigenvalue weighted by Crippen LogP contribution is -2.41. The average molecular weight is 515 g/mol. The van der Waals surface area contributed by atoms with Gasteiger partial charge in [-0.25, -0.2) is 12.8 Å². The molecule has 5 nitrogen and oxygen atoms in total. The summed E-state index contributed by atoms with van der Waals surface area (Å²) in [5.74, 6) is 0.979. The minimum absolute atomic E-state index is 0.145. The van der Waals surface area contributed by atoms with Gasteiger partial charge in [-0.15, -0.1) is 0 Å². The third-order valence-electron chi connectivity index (χ3n) is 5.64. The van der Waals surface area contributed by atoms with Crippen LogP contribution < -0.4 is 9.62 Å². The average Bonchev–Trinajstić information content (AvgIpc) is 2.83. The van der Waals surface area contributed by atoms with Crippen molar-refractivity contribution in [1.29, 1.82) is 0 Å². The molecule has 0 bridgehead atoms. The van der Waals surface area contributed by atoms with Crippen LogP contribution in [0.15, 0.2) is 71.6 Å². The highest BCUT2D eigenvalue weighted by Crippen LogP contribution is 2.26. The number of carbonyl (C=O) groups is 1. The zero-order valence-electron chi connectivity index (χ0n) is 20.3. The quantitative estimate of drug-likeness (QED) is 0.349. The second-order valence-corrected chi connectivity index (χ2v) is 11.4. The summed E-state index contributed by atoms with van der Waals surface area (Å²) in [7, 11) is -3.93. The molecule has 0 unspecified atom stereocenters. The fourth-order valence-corrected chi connectivity index (χ4v) is 5.73. The summed E-state index contributed by atoms with van der Waals surface area (Å²) in [6, 6.07) is 18.4. The van der Waals surface area contributed by atoms with Crippen LogP contribution in [0.4, 0.5) is 10.1 Å². The van der Waals surface area contributed by atoms with Crippen LogP contribution in [0.3, 0.4) is 0 Å². The molecule has 0 aliphatic rings. The summed E-state index contributed by atoms with van der Waals surface area (Å²) in [6.45, 7) is 5.91. The normalized spacial score (nSPS) is 11.3. The van der Waals surface area contributed by atoms with Crippen LogP contribution in [0.1, 0.15) is 28.7 Å². The number of aryl methyl sites for hydroxylation is 3. The number of anilines is 1. The fraction of sp³-hybridized carbons (Fsp3) is 0.296. The van der Waals surface area contributed by atoms with E-state index in [0.717, 1.165) is 40.2 Å². The molecule has 0 atom stereocenters. The largest absolute Gasteiger partial charge is 0.354 e. The molecule has 1 N–H and O–H groups in total. The molecule has 3 aromatic carbocycles. The van der Waals surface area contributed by atoms with Gasteiger partial charge in [0.15, 0.2) is 0 Å². The Bertz CT molecular complexity index is 1240. The standard InChI is InChI=1S/C27H31FN2O3S2/c1-20-5-13-26(14-6-20)35(32,33)30(25-12-7-21(2)22(3)17-25)18-27(31)29-15-4-16-34-19-23-8-10-24(28)11-9-23/h5-14,17H,4,15-16,18-19H2,1-3H3,(H,29,31). The lowest BCUT2D eigenvalue weighted by molar-refractivity contribution is -0.119. The minimum atomic E-state index is -3.93. The van der Waals surface area contributed by atoms with Crippen molar-refractivity contribution in [2.24, 2.45) is 0 Å². The molecule has 3 aromatic rings. The van der Waals surface area contributed by atoms with Crippen LogP contribution in [-0.4, -0.2) is 33.2 Å². The van der Waals surface area contributed by atoms with Gasteiger partial charge in [-0.3, -0.25) is 9.10 Å². The van der Waals surface area contributed by atoms with E-state index in [1.807, 2.05) is 26.8 Å². The lowest BCUT2D eigenvalue weighted by atomic mass is 10.1. The number of rotatable bonds is 11. The summed E-state index contributed by atoms with van der Waals surface area (Å²) in [6.07, 6.45) is 0.742. The van der Waals surface area contributed by atoms with Crippen molar-refractivity contribution in [3.05, 3.63) is 94.8 Å². The van der Waals surface area contributed by atoms with Crippen molar-refractivity contribution in [3.8, 4) is 0 Å². The predicted molar refractivity (Wildman–Crippen MR) is 142 cm³/mol. The van der Waals surface area contributed by atoms with E-state index in [4.69, 9.17) is 0 Å². The molecular formula is C27H31FN2O3S2. The van der Waals surface area contributed by atoms with Gasteiger partial charge in [0.25, 0.3) is 10.0 Å². The zero-order chi connectivity index (χ0) is 25.4. The number of halogens is 1. The zero-order valence-corrected chi connectivity index (χ0v) is 21.9. The van der Waals surface area contributed by atoms with Gasteiger partial charge in [0.2, 0.25) is 5.91 Å². The first-order chi connectivity index (χ1) is 16.7. The Labute approximate surface area is 211 Å². The number of hydrogen-bond acceptors (Lipinski definition) is 4. The summed E-state index contributed by atoms with van der Waals surface area (Å²) >= 11 is 1.70. The third kappa shape index (κ3) is 7.57. The number of sulfonamides is 1. The highest BCUT2D eigenvalue weighted by molar-refractivity contribution is 7.98. The van der Waals surface area contributed by atoms with E-state index in [2.05, 4.69) is 5.32 Å². The van der Waals surface area contributed by atoms with E-state index in [9.17, 15) is 17.6 Å². The maximum Gasteiger partial charge on any atom is 0.264 e. The third-order valence-corrected chi connectivity index (χ3v) is 8.55. The Morgan fingerprint density at radius 1 is 0.943 bits per heavy atom. The van der Waals surface area contributed by atoms with Crippen molar-refractivity contribution in [2.75, 3.05) is 23.1 Å². The maximum absolute atomic E-state index is 13.5. The Morgan fingerprint density at radius 3 is 2.29 bits per heavy atom. The SMILES string of the molecule is Cc1ccc(S(=O)(=O)N(CC(=O)NCCCSCc2ccc(F)cc2)c2ccc(C)c(C)c2)cc1. The monoisotopic (exact) mass is 514 g/mol. The van der Waals surface area contributed by atoms with E-state index in [0.29, 0.717) is 12.2 Å². The maximum atomic E-state index is 13.5. The van der Waals surface area contributed by atoms with Crippen molar-refractivity contribution in [3.63, 3.8) is 0 Å². The Hall–Kier alpha value is -2.84. The molecule has 0 aromatic heterocycles. The summed E-state index contributed by atoms with van der Waals surface area (Å²) in [5.41, 5.74) is 4.45. The predicted octanol–water partition coefficient (Wildman–Crippen LogP) is 5.39. The van der Waals surface area contributed by atoms with Gasteiger partial charge in [0, 0.05) is 12.3 Å². The topological polar surface area (TPSA) is 66.5 Å². The van der Waals surface area contributed by atoms with E-state index in [1.54, 1.807) is 60.3 Å². The van der Waals surface area contributed by atoms with E-state index in [1.165, 1.54) is 16.4 Å². The smallest absolute Gasteiger partial charge is 0.264 e. The molecule has 0 heterocycles. The summed E-state index contributed by atoms with van der Waals surface area (Å²) < 4.78 is 41.1. The second kappa shape index (κ2) is 12.2. The number of amides is 1. The Morgan fingerprint density at radius 2 is 1.63 bits per heavy atom. The van der Waals surface area contributed by atoms with Crippen LogP contribution in [0, 0.1) is 26.6 Å². The molecule has 0 radical (unpaired) electrons. The van der Waals surface area contributed by atoms with Gasteiger partial charge >= 0.3 is 0 Å².